The van der Waals surface area contributed by atoms with Gasteiger partial charge < -0.3 is 16.4 Å². The van der Waals surface area contributed by atoms with Crippen LogP contribution in [0, 0.1) is 10.1 Å². The van der Waals surface area contributed by atoms with Crippen molar-refractivity contribution in [2.24, 2.45) is 21.7 Å². The van der Waals surface area contributed by atoms with Crippen LogP contribution in [-0.2, 0) is 0 Å². The number of anilines is 1. The number of guanidine groups is 1. The van der Waals surface area contributed by atoms with Crippen molar-refractivity contribution in [1.29, 1.82) is 0 Å². The number of nitro benzene ring substituents is 1. The Morgan fingerprint density at radius 1 is 1.29 bits per heavy atom. The SMILES string of the molecule is NC(N)=NN=Cc1ccc(N2CCCCC2)c([N+](=O)[O-])c1. The topological polar surface area (TPSA) is 123 Å². The predicted molar refractivity (Wildman–Crippen MR) is 82.6 cm³/mol. The van der Waals surface area contributed by atoms with Gasteiger partial charge in [-0.3, -0.25) is 10.1 Å². The summed E-state index contributed by atoms with van der Waals surface area (Å²) in [4.78, 5) is 12.9. The molecule has 0 spiro atoms. The van der Waals surface area contributed by atoms with E-state index < -0.39 is 0 Å². The van der Waals surface area contributed by atoms with Gasteiger partial charge in [0.2, 0.25) is 5.96 Å². The summed E-state index contributed by atoms with van der Waals surface area (Å²) in [6.45, 7) is 1.70. The lowest BCUT2D eigenvalue weighted by molar-refractivity contribution is -0.384. The number of nitrogens with zero attached hydrogens (tertiary/aromatic N) is 4. The number of nitro groups is 1. The molecule has 21 heavy (non-hydrogen) atoms. The van der Waals surface area contributed by atoms with Crippen LogP contribution in [0.2, 0.25) is 0 Å². The lowest BCUT2D eigenvalue weighted by atomic mass is 10.1. The Hall–Kier alpha value is -2.64. The fourth-order valence-corrected chi connectivity index (χ4v) is 2.33. The smallest absolute Gasteiger partial charge is 0.293 e. The highest BCUT2D eigenvalue weighted by Gasteiger charge is 2.21. The van der Waals surface area contributed by atoms with Crippen LogP contribution in [0.1, 0.15) is 24.8 Å². The Labute approximate surface area is 122 Å². The Morgan fingerprint density at radius 2 is 2.00 bits per heavy atom. The molecule has 0 amide bonds. The van der Waals surface area contributed by atoms with Gasteiger partial charge in [0.1, 0.15) is 5.69 Å². The van der Waals surface area contributed by atoms with E-state index in [1.165, 1.54) is 18.7 Å². The molecular formula is C13H18N6O2. The number of rotatable bonds is 4. The van der Waals surface area contributed by atoms with Gasteiger partial charge in [-0.2, -0.15) is 5.10 Å². The van der Waals surface area contributed by atoms with Crippen molar-refractivity contribution in [3.05, 3.63) is 33.9 Å². The second kappa shape index (κ2) is 6.69. The molecule has 0 aliphatic carbocycles. The fraction of sp³-hybridized carbons (Fsp3) is 0.385. The van der Waals surface area contributed by atoms with Crippen LogP contribution < -0.4 is 16.4 Å². The van der Waals surface area contributed by atoms with Crippen molar-refractivity contribution in [2.45, 2.75) is 19.3 Å². The third-order valence-corrected chi connectivity index (χ3v) is 3.27. The van der Waals surface area contributed by atoms with Gasteiger partial charge in [-0.05, 0) is 25.3 Å². The zero-order chi connectivity index (χ0) is 15.2. The standard InChI is InChI=1S/C13H18N6O2/c14-13(15)17-16-9-10-4-5-11(12(8-10)19(20)21)18-6-2-1-3-7-18/h4-5,8-9H,1-3,6-7H2,(H4,14,15,17). The molecule has 0 aromatic heterocycles. The van der Waals surface area contributed by atoms with Crippen LogP contribution in [0.25, 0.3) is 0 Å². The molecule has 1 aliphatic heterocycles. The summed E-state index contributed by atoms with van der Waals surface area (Å²) in [5.74, 6) is -0.161. The molecule has 1 fully saturated rings. The number of hydrogen-bond acceptors (Lipinski definition) is 5. The minimum atomic E-state index is -0.373. The molecule has 0 radical (unpaired) electrons. The molecule has 0 bridgehead atoms. The van der Waals surface area contributed by atoms with E-state index in [2.05, 4.69) is 15.1 Å². The van der Waals surface area contributed by atoms with Crippen LogP contribution in [-0.4, -0.2) is 30.2 Å². The third-order valence-electron chi connectivity index (χ3n) is 3.27. The Balaban J connectivity index is 2.28. The van der Waals surface area contributed by atoms with Gasteiger partial charge in [-0.15, -0.1) is 5.10 Å². The molecule has 0 atom stereocenters. The van der Waals surface area contributed by atoms with Gasteiger partial charge in [0.15, 0.2) is 0 Å². The first-order valence-electron chi connectivity index (χ1n) is 6.73. The van der Waals surface area contributed by atoms with Crippen molar-refractivity contribution < 1.29 is 4.92 Å². The third kappa shape index (κ3) is 3.91. The second-order valence-corrected chi connectivity index (χ2v) is 4.82. The van der Waals surface area contributed by atoms with Crippen LogP contribution in [0.15, 0.2) is 28.4 Å². The first-order chi connectivity index (χ1) is 10.1. The van der Waals surface area contributed by atoms with Gasteiger partial charge in [0.05, 0.1) is 11.1 Å². The maximum absolute atomic E-state index is 11.3. The minimum Gasteiger partial charge on any atom is -0.369 e. The van der Waals surface area contributed by atoms with Crippen LogP contribution >= 0.6 is 0 Å². The van der Waals surface area contributed by atoms with E-state index in [-0.39, 0.29) is 16.6 Å². The van der Waals surface area contributed by atoms with E-state index in [1.54, 1.807) is 12.1 Å². The Morgan fingerprint density at radius 3 is 2.62 bits per heavy atom. The normalized spacial score (nSPS) is 15.1. The molecule has 2 rings (SSSR count). The highest BCUT2D eigenvalue weighted by Crippen LogP contribution is 2.30. The maximum atomic E-state index is 11.3. The second-order valence-electron chi connectivity index (χ2n) is 4.82. The predicted octanol–water partition coefficient (Wildman–Crippen LogP) is 1.19. The summed E-state index contributed by atoms with van der Waals surface area (Å²) in [6, 6.07) is 5.00. The molecule has 1 aromatic carbocycles. The fourth-order valence-electron chi connectivity index (χ4n) is 2.33. The van der Waals surface area contributed by atoms with Crippen LogP contribution in [0.5, 0.6) is 0 Å². The largest absolute Gasteiger partial charge is 0.369 e. The van der Waals surface area contributed by atoms with E-state index in [4.69, 9.17) is 11.5 Å². The molecule has 0 unspecified atom stereocenters. The molecule has 1 saturated heterocycles. The van der Waals surface area contributed by atoms with Crippen LogP contribution in [0.3, 0.4) is 0 Å². The Bertz CT molecular complexity index is 574. The lowest BCUT2D eigenvalue weighted by Crippen LogP contribution is -2.29. The van der Waals surface area contributed by atoms with Gasteiger partial charge in [0, 0.05) is 24.7 Å². The number of nitrogens with two attached hydrogens (primary N) is 2. The summed E-state index contributed by atoms with van der Waals surface area (Å²) in [7, 11) is 0. The zero-order valence-electron chi connectivity index (χ0n) is 11.6. The number of piperidine rings is 1. The van der Waals surface area contributed by atoms with Crippen molar-refractivity contribution in [3.63, 3.8) is 0 Å². The van der Waals surface area contributed by atoms with Crippen molar-refractivity contribution in [2.75, 3.05) is 18.0 Å². The molecule has 1 heterocycles. The molecule has 8 heteroatoms. The summed E-state index contributed by atoms with van der Waals surface area (Å²) in [5.41, 5.74) is 11.6. The van der Waals surface area contributed by atoms with Crippen molar-refractivity contribution in [1.82, 2.24) is 0 Å². The maximum Gasteiger partial charge on any atom is 0.293 e. The van der Waals surface area contributed by atoms with E-state index in [0.29, 0.717) is 11.3 Å². The Kier molecular flexibility index (Phi) is 4.70. The van der Waals surface area contributed by atoms with E-state index in [0.717, 1.165) is 25.9 Å². The van der Waals surface area contributed by atoms with E-state index >= 15 is 0 Å². The molecular weight excluding hydrogens is 272 g/mol. The molecule has 112 valence electrons. The molecule has 1 aliphatic rings. The van der Waals surface area contributed by atoms with Crippen molar-refractivity contribution in [3.8, 4) is 0 Å². The van der Waals surface area contributed by atoms with E-state index in [9.17, 15) is 10.1 Å². The highest BCUT2D eigenvalue weighted by molar-refractivity contribution is 5.84. The highest BCUT2D eigenvalue weighted by atomic mass is 16.6. The summed E-state index contributed by atoms with van der Waals surface area (Å²) < 4.78 is 0. The molecule has 1 aromatic rings. The summed E-state index contributed by atoms with van der Waals surface area (Å²) in [5, 5.41) is 18.4. The monoisotopic (exact) mass is 290 g/mol. The quantitative estimate of drug-likeness (QED) is 0.373. The van der Waals surface area contributed by atoms with Crippen molar-refractivity contribution >= 4 is 23.5 Å². The molecule has 8 nitrogen and oxygen atoms in total. The number of benzene rings is 1. The van der Waals surface area contributed by atoms with Gasteiger partial charge in [-0.1, -0.05) is 6.07 Å². The number of hydrogen-bond donors (Lipinski definition) is 2. The minimum absolute atomic E-state index is 0.0746. The lowest BCUT2D eigenvalue weighted by Gasteiger charge is -2.28. The summed E-state index contributed by atoms with van der Waals surface area (Å²) >= 11 is 0. The average Bonchev–Trinajstić information content (AvgIpc) is 2.47. The zero-order valence-corrected chi connectivity index (χ0v) is 11.6. The summed E-state index contributed by atoms with van der Waals surface area (Å²) in [6.07, 6.45) is 4.68. The van der Waals surface area contributed by atoms with Gasteiger partial charge in [-0.25, -0.2) is 0 Å². The van der Waals surface area contributed by atoms with Gasteiger partial charge in [0.25, 0.3) is 5.69 Å². The van der Waals surface area contributed by atoms with E-state index in [1.807, 2.05) is 0 Å². The first kappa shape index (κ1) is 14.8. The molecule has 0 saturated carbocycles. The average molecular weight is 290 g/mol. The first-order valence-corrected chi connectivity index (χ1v) is 6.73. The van der Waals surface area contributed by atoms with Gasteiger partial charge >= 0.3 is 0 Å². The molecule has 4 N–H and O–H groups in total. The van der Waals surface area contributed by atoms with Crippen LogP contribution in [0.4, 0.5) is 11.4 Å².